The van der Waals surface area contributed by atoms with E-state index in [-0.39, 0.29) is 22.5 Å². The van der Waals surface area contributed by atoms with E-state index < -0.39 is 10.8 Å². The predicted octanol–water partition coefficient (Wildman–Crippen LogP) is 2.88. The first-order valence-electron chi connectivity index (χ1n) is 5.62. The number of pyridine rings is 1. The Morgan fingerprint density at radius 1 is 1.38 bits per heavy atom. The Bertz CT molecular complexity index is 753. The van der Waals surface area contributed by atoms with Crippen molar-refractivity contribution in [3.05, 3.63) is 62.4 Å². The van der Waals surface area contributed by atoms with Gasteiger partial charge in [0.05, 0.1) is 22.1 Å². The van der Waals surface area contributed by atoms with Crippen molar-refractivity contribution in [3.63, 3.8) is 0 Å². The summed E-state index contributed by atoms with van der Waals surface area (Å²) in [7, 11) is 0. The van der Waals surface area contributed by atoms with Crippen molar-refractivity contribution in [2.24, 2.45) is 0 Å². The highest BCUT2D eigenvalue weighted by atomic mass is 79.9. The second kappa shape index (κ2) is 6.11. The summed E-state index contributed by atoms with van der Waals surface area (Å²) in [5.74, 6) is -0.525. The summed E-state index contributed by atoms with van der Waals surface area (Å²) < 4.78 is 0.573. The van der Waals surface area contributed by atoms with Gasteiger partial charge in [-0.05, 0) is 40.2 Å². The zero-order chi connectivity index (χ0) is 15.4. The lowest BCUT2D eigenvalue weighted by molar-refractivity contribution is -0.383. The van der Waals surface area contributed by atoms with Gasteiger partial charge in [0.1, 0.15) is 10.3 Å². The summed E-state index contributed by atoms with van der Waals surface area (Å²) in [4.78, 5) is 26.2. The maximum absolute atomic E-state index is 12.0. The lowest BCUT2D eigenvalue weighted by Crippen LogP contribution is -2.13. The van der Waals surface area contributed by atoms with E-state index in [1.54, 1.807) is 6.07 Å². The van der Waals surface area contributed by atoms with Crippen LogP contribution in [0.15, 0.2) is 41.1 Å². The van der Waals surface area contributed by atoms with E-state index in [1.165, 1.54) is 24.4 Å². The molecule has 0 saturated heterocycles. The first-order chi connectivity index (χ1) is 10.0. The van der Waals surface area contributed by atoms with E-state index in [2.05, 4.69) is 26.2 Å². The molecule has 1 aromatic carbocycles. The minimum atomic E-state index is -0.656. The lowest BCUT2D eigenvalue weighted by atomic mass is 10.2. The molecule has 0 aliphatic heterocycles. The van der Waals surface area contributed by atoms with Crippen LogP contribution in [0.2, 0.25) is 0 Å². The predicted molar refractivity (Wildman–Crippen MR) is 77.7 cm³/mol. The number of nitro benzene ring substituents is 1. The molecule has 0 spiro atoms. The molecule has 1 aromatic heterocycles. The first-order valence-corrected chi connectivity index (χ1v) is 6.42. The molecule has 0 unspecified atom stereocenters. The van der Waals surface area contributed by atoms with Crippen LogP contribution in [-0.4, -0.2) is 15.8 Å². The van der Waals surface area contributed by atoms with Crippen molar-refractivity contribution in [1.82, 2.24) is 4.98 Å². The molecule has 1 heterocycles. The van der Waals surface area contributed by atoms with Crippen LogP contribution in [0, 0.1) is 21.4 Å². The molecule has 0 aliphatic rings. The molecule has 8 heteroatoms. The van der Waals surface area contributed by atoms with Gasteiger partial charge in [-0.1, -0.05) is 0 Å². The summed E-state index contributed by atoms with van der Waals surface area (Å²) in [6, 6.07) is 8.74. The van der Waals surface area contributed by atoms with Crippen LogP contribution in [-0.2, 0) is 0 Å². The molecular weight excluding hydrogens is 340 g/mol. The maximum Gasteiger partial charge on any atom is 0.294 e. The summed E-state index contributed by atoms with van der Waals surface area (Å²) >= 11 is 3.15. The van der Waals surface area contributed by atoms with Crippen LogP contribution >= 0.6 is 15.9 Å². The SMILES string of the molecule is N#Cc1ccc(NC(=O)c2ccc(Br)nc2)c([N+](=O)[O-])c1. The number of nitro groups is 1. The van der Waals surface area contributed by atoms with Gasteiger partial charge >= 0.3 is 0 Å². The third kappa shape index (κ3) is 3.40. The molecule has 7 nitrogen and oxygen atoms in total. The molecule has 104 valence electrons. The van der Waals surface area contributed by atoms with E-state index in [0.717, 1.165) is 6.07 Å². The van der Waals surface area contributed by atoms with Crippen LogP contribution in [0.1, 0.15) is 15.9 Å². The largest absolute Gasteiger partial charge is 0.316 e. The highest BCUT2D eigenvalue weighted by Gasteiger charge is 2.17. The van der Waals surface area contributed by atoms with Gasteiger partial charge in [0.15, 0.2) is 0 Å². The van der Waals surface area contributed by atoms with Crippen LogP contribution in [0.4, 0.5) is 11.4 Å². The number of carbonyl (C=O) groups is 1. The average molecular weight is 347 g/mol. The number of halogens is 1. The lowest BCUT2D eigenvalue weighted by Gasteiger charge is -2.06. The Hall–Kier alpha value is -2.79. The van der Waals surface area contributed by atoms with Gasteiger partial charge in [-0.2, -0.15) is 5.26 Å². The molecule has 0 radical (unpaired) electrons. The molecule has 0 aliphatic carbocycles. The van der Waals surface area contributed by atoms with Crippen LogP contribution < -0.4 is 5.32 Å². The Kier molecular flexibility index (Phi) is 4.25. The standard InChI is InChI=1S/C13H7BrN4O3/c14-12-4-2-9(7-16-12)13(19)17-10-3-1-8(6-15)5-11(10)18(20)21/h1-5,7H,(H,17,19). The number of hydrogen-bond donors (Lipinski definition) is 1. The number of anilines is 1. The molecule has 0 bridgehead atoms. The van der Waals surface area contributed by atoms with Crippen LogP contribution in [0.3, 0.4) is 0 Å². The fourth-order valence-corrected chi connectivity index (χ4v) is 1.80. The Morgan fingerprint density at radius 3 is 2.71 bits per heavy atom. The summed E-state index contributed by atoms with van der Waals surface area (Å²) in [5, 5.41) is 22.2. The summed E-state index contributed by atoms with van der Waals surface area (Å²) in [6.45, 7) is 0. The van der Waals surface area contributed by atoms with E-state index >= 15 is 0 Å². The normalized spacial score (nSPS) is 9.71. The minimum Gasteiger partial charge on any atom is -0.316 e. The molecule has 21 heavy (non-hydrogen) atoms. The second-order valence-electron chi connectivity index (χ2n) is 3.92. The smallest absolute Gasteiger partial charge is 0.294 e. The number of nitrogens with zero attached hydrogens (tertiary/aromatic N) is 3. The number of amides is 1. The molecule has 1 amide bonds. The van der Waals surface area contributed by atoms with E-state index in [1.807, 2.05) is 6.07 Å². The summed E-state index contributed by atoms with van der Waals surface area (Å²) in [5.41, 5.74) is 0.0845. The number of hydrogen-bond acceptors (Lipinski definition) is 5. The van der Waals surface area contributed by atoms with E-state index in [4.69, 9.17) is 5.26 Å². The number of rotatable bonds is 3. The zero-order valence-corrected chi connectivity index (χ0v) is 12.0. The highest BCUT2D eigenvalue weighted by Crippen LogP contribution is 2.25. The van der Waals surface area contributed by atoms with Gasteiger partial charge < -0.3 is 5.32 Å². The first kappa shape index (κ1) is 14.6. The number of benzene rings is 1. The van der Waals surface area contributed by atoms with Gasteiger partial charge in [0.2, 0.25) is 0 Å². The van der Waals surface area contributed by atoms with Gasteiger partial charge in [-0.3, -0.25) is 14.9 Å². The third-order valence-corrected chi connectivity index (χ3v) is 3.03. The van der Waals surface area contributed by atoms with Crippen molar-refractivity contribution in [2.45, 2.75) is 0 Å². The van der Waals surface area contributed by atoms with E-state index in [0.29, 0.717) is 4.60 Å². The molecule has 0 saturated carbocycles. The number of nitriles is 1. The fraction of sp³-hybridized carbons (Fsp3) is 0. The average Bonchev–Trinajstić information content (AvgIpc) is 2.48. The highest BCUT2D eigenvalue weighted by molar-refractivity contribution is 9.10. The number of nitrogens with one attached hydrogen (secondary N) is 1. The minimum absolute atomic E-state index is 0.0203. The van der Waals surface area contributed by atoms with Crippen LogP contribution in [0.25, 0.3) is 0 Å². The number of aromatic nitrogens is 1. The van der Waals surface area contributed by atoms with Crippen molar-refractivity contribution < 1.29 is 9.72 Å². The molecule has 0 atom stereocenters. The molecule has 2 aromatic rings. The quantitative estimate of drug-likeness (QED) is 0.522. The van der Waals surface area contributed by atoms with Crippen molar-refractivity contribution in [3.8, 4) is 6.07 Å². The van der Waals surface area contributed by atoms with Crippen molar-refractivity contribution >= 4 is 33.2 Å². The fourth-order valence-electron chi connectivity index (χ4n) is 1.56. The van der Waals surface area contributed by atoms with Gasteiger partial charge in [0.25, 0.3) is 11.6 Å². The van der Waals surface area contributed by atoms with Gasteiger partial charge in [-0.25, -0.2) is 4.98 Å². The van der Waals surface area contributed by atoms with Gasteiger partial charge in [0, 0.05) is 12.3 Å². The molecule has 0 fully saturated rings. The van der Waals surface area contributed by atoms with E-state index in [9.17, 15) is 14.9 Å². The summed E-state index contributed by atoms with van der Waals surface area (Å²) in [6.07, 6.45) is 1.34. The van der Waals surface area contributed by atoms with Crippen LogP contribution in [0.5, 0.6) is 0 Å². The number of carbonyl (C=O) groups excluding carboxylic acids is 1. The topological polar surface area (TPSA) is 109 Å². The second-order valence-corrected chi connectivity index (χ2v) is 4.74. The molecule has 1 N–H and O–H groups in total. The van der Waals surface area contributed by atoms with Crippen molar-refractivity contribution in [1.29, 1.82) is 5.26 Å². The molecular formula is C13H7BrN4O3. The Labute approximate surface area is 127 Å². The maximum atomic E-state index is 12.0. The zero-order valence-electron chi connectivity index (χ0n) is 10.4. The van der Waals surface area contributed by atoms with Gasteiger partial charge in [-0.15, -0.1) is 0 Å². The third-order valence-electron chi connectivity index (χ3n) is 2.56. The van der Waals surface area contributed by atoms with Crippen molar-refractivity contribution in [2.75, 3.05) is 5.32 Å². The Morgan fingerprint density at radius 2 is 2.14 bits per heavy atom. The Balaban J connectivity index is 2.31. The monoisotopic (exact) mass is 346 g/mol. The molecule has 2 rings (SSSR count).